The Morgan fingerprint density at radius 3 is 2.11 bits per heavy atom. The quantitative estimate of drug-likeness (QED) is 0.750. The molecule has 0 aromatic heterocycles. The fourth-order valence-electron chi connectivity index (χ4n) is 3.59. The van der Waals surface area contributed by atoms with Crippen LogP contribution in [0.15, 0.2) is 60.7 Å². The predicted octanol–water partition coefficient (Wildman–Crippen LogP) is 3.64. The van der Waals surface area contributed by atoms with Crippen molar-refractivity contribution in [2.75, 3.05) is 37.6 Å². The predicted molar refractivity (Wildman–Crippen MR) is 112 cm³/mol. The summed E-state index contributed by atoms with van der Waals surface area (Å²) in [4.78, 5) is 19.5. The lowest BCUT2D eigenvalue weighted by Crippen LogP contribution is -2.49. The van der Waals surface area contributed by atoms with Crippen molar-refractivity contribution >= 4 is 11.6 Å². The van der Waals surface area contributed by atoms with Crippen LogP contribution in [0.3, 0.4) is 0 Å². The zero-order chi connectivity index (χ0) is 19.1. The number of para-hydroxylation sites is 1. The van der Waals surface area contributed by atoms with Gasteiger partial charge < -0.3 is 9.80 Å². The molecule has 1 aliphatic rings. The van der Waals surface area contributed by atoms with Crippen molar-refractivity contribution in [1.82, 2.24) is 9.80 Å². The molecule has 0 unspecified atom stereocenters. The molecule has 4 nitrogen and oxygen atoms in total. The number of hydrogen-bond donors (Lipinski definition) is 0. The molecule has 0 N–H and O–H groups in total. The second-order valence-corrected chi connectivity index (χ2v) is 7.50. The first-order valence-electron chi connectivity index (χ1n) is 9.99. The zero-order valence-electron chi connectivity index (χ0n) is 16.6. The lowest BCUT2D eigenvalue weighted by Gasteiger charge is -2.36. The number of carbonyl (C=O) groups excluding carboxylic acids is 1. The van der Waals surface area contributed by atoms with Gasteiger partial charge in [0.15, 0.2) is 0 Å². The van der Waals surface area contributed by atoms with E-state index in [1.54, 1.807) is 0 Å². The molecule has 2 aromatic rings. The molecule has 0 radical (unpaired) electrons. The molecular formula is C23H31N3O. The van der Waals surface area contributed by atoms with Gasteiger partial charge in [-0.3, -0.25) is 9.69 Å². The number of benzene rings is 2. The summed E-state index contributed by atoms with van der Waals surface area (Å²) in [7, 11) is 0. The van der Waals surface area contributed by atoms with Gasteiger partial charge in [0.1, 0.15) is 0 Å². The Morgan fingerprint density at radius 1 is 0.926 bits per heavy atom. The van der Waals surface area contributed by atoms with Crippen molar-refractivity contribution in [3.63, 3.8) is 0 Å². The summed E-state index contributed by atoms with van der Waals surface area (Å²) in [6.45, 7) is 9.56. The average molecular weight is 366 g/mol. The molecule has 1 heterocycles. The molecular weight excluding hydrogens is 334 g/mol. The number of hydrogen-bond acceptors (Lipinski definition) is 3. The van der Waals surface area contributed by atoms with Gasteiger partial charge in [-0.2, -0.15) is 0 Å². The number of carbonyl (C=O) groups is 1. The lowest BCUT2D eigenvalue weighted by molar-refractivity contribution is -0.132. The SMILES string of the molecule is CC(C)N(CCC(=O)N1CCN(c2ccccc2)CC1)Cc1ccccc1. The molecule has 3 rings (SSSR count). The summed E-state index contributed by atoms with van der Waals surface area (Å²) in [5.74, 6) is 0.279. The Labute approximate surface area is 163 Å². The first-order chi connectivity index (χ1) is 13.1. The van der Waals surface area contributed by atoms with Crippen LogP contribution in [0, 0.1) is 0 Å². The van der Waals surface area contributed by atoms with Crippen molar-refractivity contribution in [2.45, 2.75) is 32.9 Å². The molecule has 1 fully saturated rings. The van der Waals surface area contributed by atoms with E-state index >= 15 is 0 Å². The van der Waals surface area contributed by atoms with E-state index < -0.39 is 0 Å². The van der Waals surface area contributed by atoms with E-state index in [1.165, 1.54) is 11.3 Å². The van der Waals surface area contributed by atoms with Crippen LogP contribution < -0.4 is 4.90 Å². The molecule has 0 aliphatic carbocycles. The maximum Gasteiger partial charge on any atom is 0.223 e. The highest BCUT2D eigenvalue weighted by molar-refractivity contribution is 5.76. The first kappa shape index (κ1) is 19.4. The molecule has 2 aromatic carbocycles. The van der Waals surface area contributed by atoms with E-state index in [-0.39, 0.29) is 5.91 Å². The number of nitrogens with zero attached hydrogens (tertiary/aromatic N) is 3. The maximum atomic E-state index is 12.7. The van der Waals surface area contributed by atoms with Crippen molar-refractivity contribution in [3.8, 4) is 0 Å². The van der Waals surface area contributed by atoms with Gasteiger partial charge in [0, 0.05) is 57.4 Å². The highest BCUT2D eigenvalue weighted by Crippen LogP contribution is 2.16. The second kappa shape index (κ2) is 9.56. The first-order valence-corrected chi connectivity index (χ1v) is 9.99. The fourth-order valence-corrected chi connectivity index (χ4v) is 3.59. The van der Waals surface area contributed by atoms with Gasteiger partial charge in [-0.25, -0.2) is 0 Å². The van der Waals surface area contributed by atoms with E-state index in [9.17, 15) is 4.79 Å². The Morgan fingerprint density at radius 2 is 1.52 bits per heavy atom. The van der Waals surface area contributed by atoms with E-state index in [0.717, 1.165) is 39.3 Å². The Balaban J connectivity index is 1.47. The molecule has 0 spiro atoms. The minimum Gasteiger partial charge on any atom is -0.368 e. The highest BCUT2D eigenvalue weighted by atomic mass is 16.2. The summed E-state index contributed by atoms with van der Waals surface area (Å²) < 4.78 is 0. The molecule has 144 valence electrons. The third kappa shape index (κ3) is 5.57. The van der Waals surface area contributed by atoms with Gasteiger partial charge in [-0.15, -0.1) is 0 Å². The summed E-state index contributed by atoms with van der Waals surface area (Å²) in [6, 6.07) is 21.4. The summed E-state index contributed by atoms with van der Waals surface area (Å²) >= 11 is 0. The van der Waals surface area contributed by atoms with Gasteiger partial charge in [-0.1, -0.05) is 48.5 Å². The van der Waals surface area contributed by atoms with Crippen molar-refractivity contribution < 1.29 is 4.79 Å². The van der Waals surface area contributed by atoms with Crippen molar-refractivity contribution in [1.29, 1.82) is 0 Å². The van der Waals surface area contributed by atoms with Crippen LogP contribution in [0.4, 0.5) is 5.69 Å². The topological polar surface area (TPSA) is 26.8 Å². The molecule has 0 saturated carbocycles. The normalized spacial score (nSPS) is 14.8. The third-order valence-corrected chi connectivity index (χ3v) is 5.33. The summed E-state index contributed by atoms with van der Waals surface area (Å²) in [5.41, 5.74) is 2.55. The standard InChI is InChI=1S/C23H31N3O/c1-20(2)26(19-21-9-5-3-6-10-21)14-13-23(27)25-17-15-24(16-18-25)22-11-7-4-8-12-22/h3-12,20H,13-19H2,1-2H3. The van der Waals surface area contributed by atoms with Crippen LogP contribution in [0.25, 0.3) is 0 Å². The minimum absolute atomic E-state index is 0.279. The number of anilines is 1. The Bertz CT molecular complexity index is 694. The van der Waals surface area contributed by atoms with E-state index in [2.05, 4.69) is 72.2 Å². The molecule has 27 heavy (non-hydrogen) atoms. The number of piperazine rings is 1. The monoisotopic (exact) mass is 365 g/mol. The summed E-state index contributed by atoms with van der Waals surface area (Å²) in [6.07, 6.45) is 0.594. The number of amides is 1. The van der Waals surface area contributed by atoms with E-state index in [1.807, 2.05) is 17.0 Å². The molecule has 0 bridgehead atoms. The van der Waals surface area contributed by atoms with Crippen LogP contribution in [0.2, 0.25) is 0 Å². The highest BCUT2D eigenvalue weighted by Gasteiger charge is 2.22. The maximum absolute atomic E-state index is 12.7. The van der Waals surface area contributed by atoms with Crippen molar-refractivity contribution in [2.24, 2.45) is 0 Å². The second-order valence-electron chi connectivity index (χ2n) is 7.50. The number of rotatable bonds is 7. The fraction of sp³-hybridized carbons (Fsp3) is 0.435. The average Bonchev–Trinajstić information content (AvgIpc) is 2.72. The van der Waals surface area contributed by atoms with E-state index in [4.69, 9.17) is 0 Å². The van der Waals surface area contributed by atoms with Crippen LogP contribution in [-0.4, -0.2) is 54.5 Å². The Kier molecular flexibility index (Phi) is 6.88. The lowest BCUT2D eigenvalue weighted by atomic mass is 10.1. The van der Waals surface area contributed by atoms with Crippen LogP contribution in [-0.2, 0) is 11.3 Å². The van der Waals surface area contributed by atoms with Crippen molar-refractivity contribution in [3.05, 3.63) is 66.2 Å². The van der Waals surface area contributed by atoms with E-state index in [0.29, 0.717) is 12.5 Å². The molecule has 1 saturated heterocycles. The van der Waals surface area contributed by atoms with Gasteiger partial charge in [0.05, 0.1) is 0 Å². The third-order valence-electron chi connectivity index (χ3n) is 5.33. The van der Waals surface area contributed by atoms with Gasteiger partial charge >= 0.3 is 0 Å². The van der Waals surface area contributed by atoms with Crippen LogP contribution >= 0.6 is 0 Å². The summed E-state index contributed by atoms with van der Waals surface area (Å²) in [5, 5.41) is 0. The van der Waals surface area contributed by atoms with Crippen LogP contribution in [0.1, 0.15) is 25.8 Å². The Hall–Kier alpha value is -2.33. The minimum atomic E-state index is 0.279. The van der Waals surface area contributed by atoms with Gasteiger partial charge in [0.25, 0.3) is 0 Å². The van der Waals surface area contributed by atoms with Gasteiger partial charge in [-0.05, 0) is 31.5 Å². The molecule has 1 amide bonds. The van der Waals surface area contributed by atoms with Gasteiger partial charge in [0.2, 0.25) is 5.91 Å². The molecule has 0 atom stereocenters. The molecule has 4 heteroatoms. The largest absolute Gasteiger partial charge is 0.368 e. The zero-order valence-corrected chi connectivity index (χ0v) is 16.6. The van der Waals surface area contributed by atoms with Crippen LogP contribution in [0.5, 0.6) is 0 Å². The molecule has 1 aliphatic heterocycles. The smallest absolute Gasteiger partial charge is 0.223 e.